The van der Waals surface area contributed by atoms with Gasteiger partial charge in [0.05, 0.1) is 18.3 Å². The predicted molar refractivity (Wildman–Crippen MR) is 83.2 cm³/mol. The van der Waals surface area contributed by atoms with Crippen LogP contribution in [0.25, 0.3) is 5.65 Å². The van der Waals surface area contributed by atoms with E-state index in [4.69, 9.17) is 0 Å². The number of aromatic nitrogens is 7. The molecule has 2 atom stereocenters. The first-order valence-corrected chi connectivity index (χ1v) is 7.63. The Hall–Kier alpha value is -2.88. The third kappa shape index (κ3) is 2.40. The standard InChI is InChI=1S/C14H17N9O/c1-20(2)11-8-21(9-12(11)22-6-4-15-18-22)14(24)10-3-5-23-13(7-10)16-17-19-23/h3-7,11-12H,8-9H2,1-2H3/t11-,12+/m1/s1. The number of nitrogens with zero attached hydrogens (tertiary/aromatic N) is 9. The summed E-state index contributed by atoms with van der Waals surface area (Å²) in [5, 5.41) is 19.3. The summed E-state index contributed by atoms with van der Waals surface area (Å²) in [5.41, 5.74) is 1.13. The van der Waals surface area contributed by atoms with Crippen molar-refractivity contribution in [2.24, 2.45) is 0 Å². The molecule has 0 bridgehead atoms. The Balaban J connectivity index is 1.60. The number of fused-ring (bicyclic) bond motifs is 1. The van der Waals surface area contributed by atoms with Crippen molar-refractivity contribution in [2.45, 2.75) is 12.1 Å². The summed E-state index contributed by atoms with van der Waals surface area (Å²) in [4.78, 5) is 16.8. The van der Waals surface area contributed by atoms with Crippen molar-refractivity contribution in [2.75, 3.05) is 27.2 Å². The Labute approximate surface area is 137 Å². The number of amides is 1. The van der Waals surface area contributed by atoms with Crippen molar-refractivity contribution in [3.63, 3.8) is 0 Å². The minimum absolute atomic E-state index is 0.0324. The second kappa shape index (κ2) is 5.64. The molecule has 1 fully saturated rings. The van der Waals surface area contributed by atoms with Crippen molar-refractivity contribution in [3.05, 3.63) is 36.3 Å². The molecule has 0 spiro atoms. The van der Waals surface area contributed by atoms with Crippen LogP contribution < -0.4 is 0 Å². The van der Waals surface area contributed by atoms with Crippen molar-refractivity contribution in [3.8, 4) is 0 Å². The summed E-state index contributed by atoms with van der Waals surface area (Å²) in [6.07, 6.45) is 5.18. The van der Waals surface area contributed by atoms with Gasteiger partial charge in [-0.25, -0.2) is 9.20 Å². The number of hydrogen-bond acceptors (Lipinski definition) is 7. The van der Waals surface area contributed by atoms with Crippen molar-refractivity contribution in [1.29, 1.82) is 0 Å². The molecule has 24 heavy (non-hydrogen) atoms. The lowest BCUT2D eigenvalue weighted by atomic mass is 10.1. The zero-order valence-corrected chi connectivity index (χ0v) is 13.4. The summed E-state index contributed by atoms with van der Waals surface area (Å²) in [5.74, 6) is -0.0324. The number of likely N-dealkylation sites (N-methyl/N-ethyl adjacent to an activating group) is 1. The molecule has 1 aliphatic rings. The minimum Gasteiger partial charge on any atom is -0.335 e. The van der Waals surface area contributed by atoms with E-state index in [1.54, 1.807) is 24.5 Å². The third-order valence-corrected chi connectivity index (χ3v) is 4.44. The van der Waals surface area contributed by atoms with Gasteiger partial charge in [0, 0.05) is 31.0 Å². The van der Waals surface area contributed by atoms with E-state index in [9.17, 15) is 4.79 Å². The van der Waals surface area contributed by atoms with Crippen LogP contribution >= 0.6 is 0 Å². The molecule has 0 N–H and O–H groups in total. The Morgan fingerprint density at radius 1 is 1.25 bits per heavy atom. The molecule has 124 valence electrons. The van der Waals surface area contributed by atoms with Gasteiger partial charge in [0.2, 0.25) is 0 Å². The van der Waals surface area contributed by atoms with E-state index in [-0.39, 0.29) is 18.0 Å². The molecule has 3 aromatic rings. The molecular formula is C14H17N9O. The fraction of sp³-hybridized carbons (Fsp3) is 0.429. The largest absolute Gasteiger partial charge is 0.335 e. The average Bonchev–Trinajstić information content (AvgIpc) is 3.31. The van der Waals surface area contributed by atoms with Crippen LogP contribution in [0, 0.1) is 0 Å². The van der Waals surface area contributed by atoms with Crippen molar-refractivity contribution < 1.29 is 4.79 Å². The van der Waals surface area contributed by atoms with Gasteiger partial charge < -0.3 is 9.80 Å². The zero-order valence-electron chi connectivity index (χ0n) is 13.4. The van der Waals surface area contributed by atoms with Crippen molar-refractivity contribution in [1.82, 2.24) is 44.8 Å². The predicted octanol–water partition coefficient (Wildman–Crippen LogP) is -0.657. The van der Waals surface area contributed by atoms with E-state index >= 15 is 0 Å². The molecular weight excluding hydrogens is 310 g/mol. The van der Waals surface area contributed by atoms with E-state index in [1.807, 2.05) is 29.9 Å². The number of hydrogen-bond donors (Lipinski definition) is 0. The smallest absolute Gasteiger partial charge is 0.254 e. The molecule has 0 aromatic carbocycles. The molecule has 10 nitrogen and oxygen atoms in total. The van der Waals surface area contributed by atoms with Crippen LogP contribution in [0.4, 0.5) is 0 Å². The summed E-state index contributed by atoms with van der Waals surface area (Å²) >= 11 is 0. The van der Waals surface area contributed by atoms with Gasteiger partial charge in [-0.15, -0.1) is 10.2 Å². The minimum atomic E-state index is -0.0324. The number of likely N-dealkylation sites (tertiary alicyclic amines) is 1. The number of carbonyl (C=O) groups excluding carboxylic acids is 1. The highest BCUT2D eigenvalue weighted by atomic mass is 16.2. The molecule has 1 amide bonds. The summed E-state index contributed by atoms with van der Waals surface area (Å²) < 4.78 is 3.35. The average molecular weight is 327 g/mol. The van der Waals surface area contributed by atoms with Crippen LogP contribution in [0.15, 0.2) is 30.7 Å². The second-order valence-corrected chi connectivity index (χ2v) is 6.09. The Morgan fingerprint density at radius 2 is 2.12 bits per heavy atom. The lowest BCUT2D eigenvalue weighted by Crippen LogP contribution is -2.37. The van der Waals surface area contributed by atoms with Gasteiger partial charge >= 0.3 is 0 Å². The first kappa shape index (κ1) is 14.7. The van der Waals surface area contributed by atoms with Crippen LogP contribution in [0.2, 0.25) is 0 Å². The maximum absolute atomic E-state index is 12.9. The zero-order chi connectivity index (χ0) is 16.7. The van der Waals surface area contributed by atoms with E-state index in [0.29, 0.717) is 24.3 Å². The monoisotopic (exact) mass is 327 g/mol. The molecule has 10 heteroatoms. The molecule has 0 radical (unpaired) electrons. The first-order chi connectivity index (χ1) is 11.6. The van der Waals surface area contributed by atoms with Crippen LogP contribution in [0.5, 0.6) is 0 Å². The lowest BCUT2D eigenvalue weighted by molar-refractivity contribution is 0.0781. The molecule has 3 aromatic heterocycles. The van der Waals surface area contributed by atoms with Gasteiger partial charge in [-0.05, 0) is 36.7 Å². The van der Waals surface area contributed by atoms with Crippen LogP contribution in [-0.4, -0.2) is 84.0 Å². The molecule has 1 aliphatic heterocycles. The highest BCUT2D eigenvalue weighted by molar-refractivity contribution is 5.95. The summed E-state index contributed by atoms with van der Waals surface area (Å²) in [6.45, 7) is 1.22. The highest BCUT2D eigenvalue weighted by Gasteiger charge is 2.38. The number of rotatable bonds is 3. The van der Waals surface area contributed by atoms with E-state index in [2.05, 4.69) is 30.7 Å². The molecule has 4 rings (SSSR count). The highest BCUT2D eigenvalue weighted by Crippen LogP contribution is 2.26. The SMILES string of the molecule is CN(C)[C@@H]1CN(C(=O)c2ccn3nnnc3c2)C[C@@H]1n1ccnn1. The van der Waals surface area contributed by atoms with Gasteiger partial charge in [-0.1, -0.05) is 5.21 Å². The van der Waals surface area contributed by atoms with Gasteiger partial charge in [0.25, 0.3) is 5.91 Å². The van der Waals surface area contributed by atoms with Gasteiger partial charge in [-0.3, -0.25) is 4.79 Å². The third-order valence-electron chi connectivity index (χ3n) is 4.44. The van der Waals surface area contributed by atoms with E-state index in [0.717, 1.165) is 0 Å². The normalized spacial score (nSPS) is 21.0. The number of pyridine rings is 1. The molecule has 0 aliphatic carbocycles. The van der Waals surface area contributed by atoms with Crippen LogP contribution in [-0.2, 0) is 0 Å². The topological polar surface area (TPSA) is 97.3 Å². The summed E-state index contributed by atoms with van der Waals surface area (Å²) in [6, 6.07) is 3.69. The van der Waals surface area contributed by atoms with E-state index < -0.39 is 0 Å². The lowest BCUT2D eigenvalue weighted by Gasteiger charge is -2.24. The second-order valence-electron chi connectivity index (χ2n) is 6.09. The van der Waals surface area contributed by atoms with E-state index in [1.165, 1.54) is 4.52 Å². The fourth-order valence-corrected chi connectivity index (χ4v) is 3.15. The quantitative estimate of drug-likeness (QED) is 0.630. The fourth-order valence-electron chi connectivity index (χ4n) is 3.15. The van der Waals surface area contributed by atoms with Gasteiger partial charge in [-0.2, -0.15) is 0 Å². The Kier molecular flexibility index (Phi) is 3.45. The maximum Gasteiger partial charge on any atom is 0.254 e. The van der Waals surface area contributed by atoms with Crippen LogP contribution in [0.1, 0.15) is 16.4 Å². The molecule has 0 unspecified atom stereocenters. The van der Waals surface area contributed by atoms with Gasteiger partial charge in [0.15, 0.2) is 5.65 Å². The Morgan fingerprint density at radius 3 is 2.88 bits per heavy atom. The maximum atomic E-state index is 12.9. The van der Waals surface area contributed by atoms with Gasteiger partial charge in [0.1, 0.15) is 0 Å². The molecule has 1 saturated heterocycles. The number of tetrazole rings is 1. The van der Waals surface area contributed by atoms with Crippen LogP contribution in [0.3, 0.4) is 0 Å². The number of carbonyl (C=O) groups is 1. The molecule has 0 saturated carbocycles. The molecule has 4 heterocycles. The first-order valence-electron chi connectivity index (χ1n) is 7.63. The van der Waals surface area contributed by atoms with Crippen molar-refractivity contribution >= 4 is 11.6 Å². The Bertz CT molecular complexity index is 856. The summed E-state index contributed by atoms with van der Waals surface area (Å²) in [7, 11) is 4.02.